The molecule has 94 valence electrons. The molecule has 0 aromatic heterocycles. The Kier molecular flexibility index (Phi) is 4.26. The summed E-state index contributed by atoms with van der Waals surface area (Å²) in [6.07, 6.45) is 8.46. The van der Waals surface area contributed by atoms with Gasteiger partial charge in [-0.3, -0.25) is 4.90 Å². The standard InChI is InChI=1S/C14H28N2/c1-3-16(11(2)12-8-9-12)14-7-5-4-6-13(14)10-15/h11-14H,3-10,15H2,1-2H3. The average Bonchev–Trinajstić information content (AvgIpc) is 3.14. The molecule has 0 saturated heterocycles. The lowest BCUT2D eigenvalue weighted by Crippen LogP contribution is -2.49. The van der Waals surface area contributed by atoms with Crippen LogP contribution in [0.1, 0.15) is 52.4 Å². The first-order valence-corrected chi connectivity index (χ1v) is 7.23. The Morgan fingerprint density at radius 2 is 1.88 bits per heavy atom. The highest BCUT2D eigenvalue weighted by molar-refractivity contribution is 4.91. The maximum Gasteiger partial charge on any atom is 0.0138 e. The normalized spacial score (nSPS) is 33.0. The third kappa shape index (κ3) is 2.60. The van der Waals surface area contributed by atoms with Crippen molar-refractivity contribution in [3.63, 3.8) is 0 Å². The van der Waals surface area contributed by atoms with Gasteiger partial charge in [0.2, 0.25) is 0 Å². The van der Waals surface area contributed by atoms with Crippen LogP contribution in [0, 0.1) is 11.8 Å². The molecule has 2 aliphatic carbocycles. The molecule has 2 aliphatic rings. The summed E-state index contributed by atoms with van der Waals surface area (Å²) < 4.78 is 0. The first-order valence-electron chi connectivity index (χ1n) is 7.23. The Hall–Kier alpha value is -0.0800. The summed E-state index contributed by atoms with van der Waals surface area (Å²) in [6.45, 7) is 6.85. The number of nitrogens with two attached hydrogens (primary N) is 1. The van der Waals surface area contributed by atoms with E-state index < -0.39 is 0 Å². The van der Waals surface area contributed by atoms with E-state index in [2.05, 4.69) is 18.7 Å². The van der Waals surface area contributed by atoms with E-state index in [1.54, 1.807) is 0 Å². The minimum atomic E-state index is 0.759. The molecule has 3 unspecified atom stereocenters. The maximum absolute atomic E-state index is 5.95. The monoisotopic (exact) mass is 224 g/mol. The summed E-state index contributed by atoms with van der Waals surface area (Å²) in [5.41, 5.74) is 5.95. The van der Waals surface area contributed by atoms with Gasteiger partial charge in [-0.15, -0.1) is 0 Å². The molecule has 2 fully saturated rings. The third-order valence-electron chi connectivity index (χ3n) is 4.79. The smallest absolute Gasteiger partial charge is 0.0138 e. The average molecular weight is 224 g/mol. The van der Waals surface area contributed by atoms with E-state index in [4.69, 9.17) is 5.73 Å². The van der Waals surface area contributed by atoms with Crippen molar-refractivity contribution in [1.82, 2.24) is 4.90 Å². The van der Waals surface area contributed by atoms with Gasteiger partial charge in [0.1, 0.15) is 0 Å². The van der Waals surface area contributed by atoms with Gasteiger partial charge < -0.3 is 5.73 Å². The van der Waals surface area contributed by atoms with E-state index in [1.807, 2.05) is 0 Å². The molecule has 0 aromatic rings. The molecule has 2 saturated carbocycles. The van der Waals surface area contributed by atoms with Crippen LogP contribution < -0.4 is 5.73 Å². The molecule has 2 N–H and O–H groups in total. The van der Waals surface area contributed by atoms with Gasteiger partial charge in [0, 0.05) is 12.1 Å². The number of hydrogen-bond acceptors (Lipinski definition) is 2. The van der Waals surface area contributed by atoms with Gasteiger partial charge in [-0.05, 0) is 57.5 Å². The van der Waals surface area contributed by atoms with Gasteiger partial charge >= 0.3 is 0 Å². The predicted octanol–water partition coefficient (Wildman–Crippen LogP) is 2.62. The summed E-state index contributed by atoms with van der Waals surface area (Å²) in [6, 6.07) is 1.57. The molecule has 0 amide bonds. The van der Waals surface area contributed by atoms with Crippen molar-refractivity contribution in [3.05, 3.63) is 0 Å². The van der Waals surface area contributed by atoms with Crippen molar-refractivity contribution in [2.75, 3.05) is 13.1 Å². The van der Waals surface area contributed by atoms with Crippen LogP contribution in [-0.4, -0.2) is 30.1 Å². The Morgan fingerprint density at radius 3 is 2.44 bits per heavy atom. The molecule has 0 radical (unpaired) electrons. The second kappa shape index (κ2) is 5.50. The molecule has 16 heavy (non-hydrogen) atoms. The highest BCUT2D eigenvalue weighted by Crippen LogP contribution is 2.38. The summed E-state index contributed by atoms with van der Waals surface area (Å²) in [7, 11) is 0. The molecular weight excluding hydrogens is 196 g/mol. The molecule has 2 nitrogen and oxygen atoms in total. The fourth-order valence-electron chi connectivity index (χ4n) is 3.57. The van der Waals surface area contributed by atoms with Crippen LogP contribution in [0.15, 0.2) is 0 Å². The lowest BCUT2D eigenvalue weighted by Gasteiger charge is -2.42. The second-order valence-corrected chi connectivity index (χ2v) is 5.76. The van der Waals surface area contributed by atoms with Crippen molar-refractivity contribution < 1.29 is 0 Å². The Bertz CT molecular complexity index is 211. The van der Waals surface area contributed by atoms with E-state index in [0.717, 1.165) is 30.5 Å². The first-order chi connectivity index (χ1) is 7.77. The Labute approximate surface area is 101 Å². The molecule has 3 atom stereocenters. The van der Waals surface area contributed by atoms with Gasteiger partial charge in [-0.25, -0.2) is 0 Å². The van der Waals surface area contributed by atoms with Gasteiger partial charge in [-0.2, -0.15) is 0 Å². The fraction of sp³-hybridized carbons (Fsp3) is 1.00. The van der Waals surface area contributed by atoms with Crippen molar-refractivity contribution in [2.24, 2.45) is 17.6 Å². The number of hydrogen-bond donors (Lipinski definition) is 1. The summed E-state index contributed by atoms with van der Waals surface area (Å²) >= 11 is 0. The van der Waals surface area contributed by atoms with Crippen LogP contribution in [0.3, 0.4) is 0 Å². The van der Waals surface area contributed by atoms with E-state index in [1.165, 1.54) is 45.1 Å². The highest BCUT2D eigenvalue weighted by Gasteiger charge is 2.37. The van der Waals surface area contributed by atoms with Crippen molar-refractivity contribution >= 4 is 0 Å². The minimum Gasteiger partial charge on any atom is -0.330 e. The zero-order valence-corrected chi connectivity index (χ0v) is 11.0. The van der Waals surface area contributed by atoms with Gasteiger partial charge in [0.25, 0.3) is 0 Å². The van der Waals surface area contributed by atoms with E-state index in [9.17, 15) is 0 Å². The van der Waals surface area contributed by atoms with Crippen molar-refractivity contribution in [2.45, 2.75) is 64.5 Å². The van der Waals surface area contributed by atoms with Gasteiger partial charge in [0.15, 0.2) is 0 Å². The maximum atomic E-state index is 5.95. The SMILES string of the molecule is CCN(C(C)C1CC1)C1CCCCC1CN. The van der Waals surface area contributed by atoms with Crippen LogP contribution in [0.2, 0.25) is 0 Å². The topological polar surface area (TPSA) is 29.3 Å². The third-order valence-corrected chi connectivity index (χ3v) is 4.79. The lowest BCUT2D eigenvalue weighted by atomic mass is 9.82. The largest absolute Gasteiger partial charge is 0.330 e. The summed E-state index contributed by atoms with van der Waals surface area (Å²) in [5, 5.41) is 0. The quantitative estimate of drug-likeness (QED) is 0.778. The second-order valence-electron chi connectivity index (χ2n) is 5.76. The molecule has 0 spiro atoms. The summed E-state index contributed by atoms with van der Waals surface area (Å²) in [5.74, 6) is 1.75. The van der Waals surface area contributed by atoms with Crippen LogP contribution in [0.4, 0.5) is 0 Å². The lowest BCUT2D eigenvalue weighted by molar-refractivity contribution is 0.0683. The molecule has 2 rings (SSSR count). The van der Waals surface area contributed by atoms with Crippen molar-refractivity contribution in [3.8, 4) is 0 Å². The predicted molar refractivity (Wildman–Crippen MR) is 69.4 cm³/mol. The molecule has 2 heteroatoms. The zero-order valence-electron chi connectivity index (χ0n) is 11.0. The van der Waals surface area contributed by atoms with Crippen LogP contribution in [0.5, 0.6) is 0 Å². The number of rotatable bonds is 5. The van der Waals surface area contributed by atoms with Crippen LogP contribution in [0.25, 0.3) is 0 Å². The first kappa shape index (κ1) is 12.4. The molecule has 0 aliphatic heterocycles. The van der Waals surface area contributed by atoms with E-state index in [0.29, 0.717) is 0 Å². The number of nitrogens with zero attached hydrogens (tertiary/aromatic N) is 1. The molecule has 0 bridgehead atoms. The minimum absolute atomic E-state index is 0.759. The highest BCUT2D eigenvalue weighted by atomic mass is 15.2. The van der Waals surface area contributed by atoms with Crippen LogP contribution >= 0.6 is 0 Å². The summed E-state index contributed by atoms with van der Waals surface area (Å²) in [4.78, 5) is 2.76. The zero-order chi connectivity index (χ0) is 11.5. The van der Waals surface area contributed by atoms with E-state index >= 15 is 0 Å². The molecule has 0 heterocycles. The molecule has 0 aromatic carbocycles. The van der Waals surface area contributed by atoms with Crippen LogP contribution in [-0.2, 0) is 0 Å². The van der Waals surface area contributed by atoms with E-state index in [-0.39, 0.29) is 0 Å². The Morgan fingerprint density at radius 1 is 1.19 bits per heavy atom. The van der Waals surface area contributed by atoms with Gasteiger partial charge in [-0.1, -0.05) is 19.8 Å². The van der Waals surface area contributed by atoms with Crippen molar-refractivity contribution in [1.29, 1.82) is 0 Å². The Balaban J connectivity index is 1.99. The van der Waals surface area contributed by atoms with Gasteiger partial charge in [0.05, 0.1) is 0 Å². The molecular formula is C14H28N2. The fourth-order valence-corrected chi connectivity index (χ4v) is 3.57.